The number of anilines is 1. The Bertz CT molecular complexity index is 496. The van der Waals surface area contributed by atoms with E-state index in [2.05, 4.69) is 35.4 Å². The average Bonchev–Trinajstić information content (AvgIpc) is 2.39. The van der Waals surface area contributed by atoms with Crippen LogP contribution in [0.15, 0.2) is 30.5 Å². The number of hydrogen-bond acceptors (Lipinski definition) is 4. The van der Waals surface area contributed by atoms with Gasteiger partial charge in [0.2, 0.25) is 0 Å². The maximum atomic E-state index is 4.13. The van der Waals surface area contributed by atoms with Gasteiger partial charge in [-0.15, -0.1) is 0 Å². The molecule has 1 aromatic heterocycles. The molecule has 0 fully saturated rings. The minimum atomic E-state index is 0.455. The number of nitrogens with zero attached hydrogens (tertiary/aromatic N) is 2. The summed E-state index contributed by atoms with van der Waals surface area (Å²) in [4.78, 5) is 0. The summed E-state index contributed by atoms with van der Waals surface area (Å²) in [5.41, 5.74) is 2.02. The van der Waals surface area contributed by atoms with Crippen LogP contribution in [-0.4, -0.2) is 27.7 Å². The Kier molecular flexibility index (Phi) is 4.81. The third kappa shape index (κ3) is 3.35. The molecule has 0 spiro atoms. The zero-order valence-electron chi connectivity index (χ0n) is 10.9. The van der Waals surface area contributed by atoms with Crippen molar-refractivity contribution in [3.63, 3.8) is 0 Å². The van der Waals surface area contributed by atoms with Gasteiger partial charge in [0.15, 0.2) is 0 Å². The molecule has 0 saturated carbocycles. The minimum Gasteiger partial charge on any atom is -0.381 e. The van der Waals surface area contributed by atoms with Gasteiger partial charge in [0, 0.05) is 11.4 Å². The highest BCUT2D eigenvalue weighted by molar-refractivity contribution is 7.99. The fourth-order valence-corrected chi connectivity index (χ4v) is 2.67. The van der Waals surface area contributed by atoms with Gasteiger partial charge in [-0.25, -0.2) is 0 Å². The Balaban J connectivity index is 2.07. The van der Waals surface area contributed by atoms with Crippen molar-refractivity contribution in [3.05, 3.63) is 30.5 Å². The van der Waals surface area contributed by atoms with Crippen LogP contribution in [0.1, 0.15) is 20.3 Å². The summed E-state index contributed by atoms with van der Waals surface area (Å²) in [5, 5.41) is 12.8. The predicted octanol–water partition coefficient (Wildman–Crippen LogP) is 3.57. The van der Waals surface area contributed by atoms with E-state index in [1.807, 2.05) is 36.2 Å². The van der Waals surface area contributed by atoms with E-state index in [0.29, 0.717) is 6.04 Å². The third-order valence-electron chi connectivity index (χ3n) is 2.85. The van der Waals surface area contributed by atoms with Crippen molar-refractivity contribution in [1.29, 1.82) is 0 Å². The van der Waals surface area contributed by atoms with Crippen LogP contribution in [0.4, 0.5) is 5.69 Å². The molecule has 0 radical (unpaired) electrons. The SMILES string of the molecule is CCSCCC(C)Nc1cnnc2ccccc12. The number of aromatic nitrogens is 2. The molecule has 1 N–H and O–H groups in total. The third-order valence-corrected chi connectivity index (χ3v) is 3.78. The second kappa shape index (κ2) is 6.59. The molecule has 1 atom stereocenters. The monoisotopic (exact) mass is 261 g/mol. The zero-order valence-corrected chi connectivity index (χ0v) is 11.7. The van der Waals surface area contributed by atoms with E-state index in [9.17, 15) is 0 Å². The van der Waals surface area contributed by atoms with Crippen LogP contribution >= 0.6 is 11.8 Å². The molecule has 3 nitrogen and oxygen atoms in total. The molecule has 2 rings (SSSR count). The molecule has 96 valence electrons. The minimum absolute atomic E-state index is 0.455. The van der Waals surface area contributed by atoms with Crippen molar-refractivity contribution in [3.8, 4) is 0 Å². The fraction of sp³-hybridized carbons (Fsp3) is 0.429. The van der Waals surface area contributed by atoms with Crippen LogP contribution in [0.2, 0.25) is 0 Å². The standard InChI is InChI=1S/C14H19N3S/c1-3-18-9-8-11(2)16-14-10-15-17-13-7-5-4-6-12(13)14/h4-7,10-11H,3,8-9H2,1-2H3,(H,16,17). The van der Waals surface area contributed by atoms with Crippen LogP contribution in [0.3, 0.4) is 0 Å². The number of nitrogens with one attached hydrogen (secondary N) is 1. The first-order valence-electron chi connectivity index (χ1n) is 6.36. The van der Waals surface area contributed by atoms with E-state index < -0.39 is 0 Å². The molecule has 0 saturated heterocycles. The largest absolute Gasteiger partial charge is 0.381 e. The molecule has 0 aliphatic carbocycles. The normalized spacial score (nSPS) is 12.6. The first kappa shape index (κ1) is 13.1. The molecule has 0 aliphatic heterocycles. The highest BCUT2D eigenvalue weighted by Gasteiger charge is 2.06. The number of thioether (sulfide) groups is 1. The van der Waals surface area contributed by atoms with Gasteiger partial charge in [-0.05, 0) is 30.9 Å². The average molecular weight is 261 g/mol. The molecule has 0 bridgehead atoms. The highest BCUT2D eigenvalue weighted by Crippen LogP contribution is 2.21. The van der Waals surface area contributed by atoms with Crippen molar-refractivity contribution in [1.82, 2.24) is 10.2 Å². The molecule has 1 unspecified atom stereocenters. The molecular formula is C14H19N3S. The van der Waals surface area contributed by atoms with Gasteiger partial charge >= 0.3 is 0 Å². The van der Waals surface area contributed by atoms with Crippen LogP contribution in [0.5, 0.6) is 0 Å². The highest BCUT2D eigenvalue weighted by atomic mass is 32.2. The lowest BCUT2D eigenvalue weighted by molar-refractivity contribution is 0.771. The zero-order chi connectivity index (χ0) is 12.8. The van der Waals surface area contributed by atoms with Gasteiger partial charge in [0.1, 0.15) is 0 Å². The van der Waals surface area contributed by atoms with Gasteiger partial charge in [-0.2, -0.15) is 22.0 Å². The van der Waals surface area contributed by atoms with E-state index >= 15 is 0 Å². The van der Waals surface area contributed by atoms with Gasteiger partial charge in [-0.1, -0.05) is 25.1 Å². The smallest absolute Gasteiger partial charge is 0.0950 e. The first-order chi connectivity index (χ1) is 8.81. The lowest BCUT2D eigenvalue weighted by atomic mass is 10.2. The molecule has 0 aliphatic rings. The second-order valence-electron chi connectivity index (χ2n) is 4.31. The van der Waals surface area contributed by atoms with Crippen LogP contribution in [0, 0.1) is 0 Å². The number of hydrogen-bond donors (Lipinski definition) is 1. The Hall–Kier alpha value is -1.29. The van der Waals surface area contributed by atoms with E-state index in [1.54, 1.807) is 0 Å². The van der Waals surface area contributed by atoms with Crippen LogP contribution < -0.4 is 5.32 Å². The lowest BCUT2D eigenvalue weighted by Gasteiger charge is -2.15. The Morgan fingerprint density at radius 1 is 1.33 bits per heavy atom. The lowest BCUT2D eigenvalue weighted by Crippen LogP contribution is -2.16. The summed E-state index contributed by atoms with van der Waals surface area (Å²) in [6.45, 7) is 4.41. The van der Waals surface area contributed by atoms with Gasteiger partial charge in [0.05, 0.1) is 17.4 Å². The molecule has 4 heteroatoms. The summed E-state index contributed by atoms with van der Waals surface area (Å²) in [6, 6.07) is 8.55. The van der Waals surface area contributed by atoms with Gasteiger partial charge in [-0.3, -0.25) is 0 Å². The van der Waals surface area contributed by atoms with Gasteiger partial charge < -0.3 is 5.32 Å². The van der Waals surface area contributed by atoms with Crippen LogP contribution in [-0.2, 0) is 0 Å². The summed E-state index contributed by atoms with van der Waals surface area (Å²) in [7, 11) is 0. The Labute approximate surface area is 112 Å². The van der Waals surface area contributed by atoms with Crippen LogP contribution in [0.25, 0.3) is 10.9 Å². The maximum Gasteiger partial charge on any atom is 0.0950 e. The van der Waals surface area contributed by atoms with E-state index in [4.69, 9.17) is 0 Å². The summed E-state index contributed by atoms with van der Waals surface area (Å²) in [6.07, 6.45) is 2.97. The number of fused-ring (bicyclic) bond motifs is 1. The Morgan fingerprint density at radius 2 is 2.17 bits per heavy atom. The van der Waals surface area contributed by atoms with Crippen molar-refractivity contribution < 1.29 is 0 Å². The van der Waals surface area contributed by atoms with Crippen molar-refractivity contribution in [2.75, 3.05) is 16.8 Å². The first-order valence-corrected chi connectivity index (χ1v) is 7.51. The van der Waals surface area contributed by atoms with Crippen molar-refractivity contribution in [2.45, 2.75) is 26.3 Å². The van der Waals surface area contributed by atoms with Crippen molar-refractivity contribution in [2.24, 2.45) is 0 Å². The molecule has 0 amide bonds. The number of rotatable bonds is 6. The second-order valence-corrected chi connectivity index (χ2v) is 5.70. The molecule has 1 heterocycles. The molecule has 2 aromatic rings. The summed E-state index contributed by atoms with van der Waals surface area (Å²) in [5.74, 6) is 2.38. The quantitative estimate of drug-likeness (QED) is 0.807. The number of benzene rings is 1. The van der Waals surface area contributed by atoms with E-state index in [0.717, 1.165) is 23.0 Å². The van der Waals surface area contributed by atoms with E-state index in [-0.39, 0.29) is 0 Å². The van der Waals surface area contributed by atoms with E-state index in [1.165, 1.54) is 11.5 Å². The molecular weight excluding hydrogens is 242 g/mol. The van der Waals surface area contributed by atoms with Gasteiger partial charge in [0.25, 0.3) is 0 Å². The summed E-state index contributed by atoms with van der Waals surface area (Å²) >= 11 is 1.98. The summed E-state index contributed by atoms with van der Waals surface area (Å²) < 4.78 is 0. The fourth-order valence-electron chi connectivity index (χ4n) is 1.86. The predicted molar refractivity (Wildman–Crippen MR) is 80.2 cm³/mol. The van der Waals surface area contributed by atoms with Crippen molar-refractivity contribution >= 4 is 28.4 Å². The Morgan fingerprint density at radius 3 is 3.00 bits per heavy atom. The topological polar surface area (TPSA) is 37.8 Å². The molecule has 18 heavy (non-hydrogen) atoms. The maximum absolute atomic E-state index is 4.13. The molecule has 1 aromatic carbocycles.